The Hall–Kier alpha value is -4.96. The number of anilines is 1. The first-order chi connectivity index (χ1) is 20.9. The highest BCUT2D eigenvalue weighted by Crippen LogP contribution is 2.41. The third kappa shape index (κ3) is 7.47. The van der Waals surface area contributed by atoms with Crippen LogP contribution >= 0.6 is 11.8 Å². The molecule has 5 aromatic rings. The number of carbonyl (C=O) groups is 2. The lowest BCUT2D eigenvalue weighted by Crippen LogP contribution is -2.05. The summed E-state index contributed by atoms with van der Waals surface area (Å²) in [5, 5.41) is 22.3. The average Bonchev–Trinajstić information content (AvgIpc) is 3.29. The van der Waals surface area contributed by atoms with Gasteiger partial charge in [0, 0.05) is 28.3 Å². The summed E-state index contributed by atoms with van der Waals surface area (Å²) in [6, 6.07) is 27.7. The van der Waals surface area contributed by atoms with Crippen LogP contribution in [0.2, 0.25) is 0 Å². The number of amides is 2. The highest BCUT2D eigenvalue weighted by molar-refractivity contribution is 7.99. The minimum absolute atomic E-state index is 0.0860. The van der Waals surface area contributed by atoms with E-state index in [9.17, 15) is 19.1 Å². The summed E-state index contributed by atoms with van der Waals surface area (Å²) in [4.78, 5) is 25.1. The van der Waals surface area contributed by atoms with Crippen LogP contribution in [-0.4, -0.2) is 34.5 Å². The number of halogens is 1. The van der Waals surface area contributed by atoms with Gasteiger partial charge in [-0.15, -0.1) is 16.9 Å². The molecule has 2 N–H and O–H groups in total. The standard InChI is InChI=1S/C33H29FN4O4S/c1-42-32(40)24-9-7-23(8-10-24)18-20-43-27-15-16-29-28(21-27)30(31(39)38(29)19-17-22-5-3-2-4-6-22)36-37-33(41)35-26-13-11-25(34)12-14-26/h2-16,21,39H,17-20H2,1H3,(H,35,41). The molecule has 43 heavy (non-hydrogen) atoms. The molecule has 0 radical (unpaired) electrons. The lowest BCUT2D eigenvalue weighted by molar-refractivity contribution is 0.0600. The zero-order chi connectivity index (χ0) is 30.2. The van der Waals surface area contributed by atoms with Gasteiger partial charge in [-0.25, -0.2) is 14.0 Å². The zero-order valence-corrected chi connectivity index (χ0v) is 24.2. The van der Waals surface area contributed by atoms with Crippen molar-refractivity contribution in [3.8, 4) is 5.88 Å². The van der Waals surface area contributed by atoms with Crippen LogP contribution in [0.5, 0.6) is 5.88 Å². The molecule has 0 saturated heterocycles. The fraction of sp³-hybridized carbons (Fsp3) is 0.152. The summed E-state index contributed by atoms with van der Waals surface area (Å²) in [6.45, 7) is 0.498. The largest absolute Gasteiger partial charge is 0.493 e. The van der Waals surface area contributed by atoms with Gasteiger partial charge in [-0.05, 0) is 78.6 Å². The molecule has 2 amide bonds. The molecular formula is C33H29FN4O4S. The second-order valence-corrected chi connectivity index (χ2v) is 10.8. The Labute approximate surface area is 252 Å². The summed E-state index contributed by atoms with van der Waals surface area (Å²) < 4.78 is 19.7. The van der Waals surface area contributed by atoms with Crippen molar-refractivity contribution in [3.63, 3.8) is 0 Å². The predicted molar refractivity (Wildman–Crippen MR) is 166 cm³/mol. The summed E-state index contributed by atoms with van der Waals surface area (Å²) >= 11 is 1.64. The van der Waals surface area contributed by atoms with Crippen LogP contribution in [0, 0.1) is 5.82 Å². The van der Waals surface area contributed by atoms with Gasteiger partial charge < -0.3 is 19.7 Å². The van der Waals surface area contributed by atoms with E-state index < -0.39 is 11.8 Å². The van der Waals surface area contributed by atoms with Crippen molar-refractivity contribution in [2.75, 3.05) is 18.2 Å². The Balaban J connectivity index is 1.36. The number of urea groups is 1. The van der Waals surface area contributed by atoms with E-state index in [0.717, 1.165) is 33.7 Å². The number of carbonyl (C=O) groups excluding carboxylic acids is 2. The van der Waals surface area contributed by atoms with Gasteiger partial charge in [-0.3, -0.25) is 0 Å². The number of nitrogens with zero attached hydrogens (tertiary/aromatic N) is 3. The summed E-state index contributed by atoms with van der Waals surface area (Å²) in [5.41, 5.74) is 4.06. The Kier molecular flexibility index (Phi) is 9.48. The molecule has 0 atom stereocenters. The predicted octanol–water partition coefficient (Wildman–Crippen LogP) is 8.17. The second-order valence-electron chi connectivity index (χ2n) is 9.66. The van der Waals surface area contributed by atoms with Crippen LogP contribution in [0.4, 0.5) is 20.6 Å². The van der Waals surface area contributed by atoms with E-state index in [1.807, 2.05) is 60.7 Å². The number of hydrogen-bond acceptors (Lipinski definition) is 6. The third-order valence-corrected chi connectivity index (χ3v) is 7.81. The van der Waals surface area contributed by atoms with Crippen LogP contribution in [-0.2, 0) is 24.1 Å². The number of aromatic nitrogens is 1. The maximum absolute atomic E-state index is 13.2. The molecule has 218 valence electrons. The van der Waals surface area contributed by atoms with Gasteiger partial charge in [0.25, 0.3) is 0 Å². The average molecular weight is 597 g/mol. The fourth-order valence-electron chi connectivity index (χ4n) is 4.59. The molecule has 0 aliphatic carbocycles. The Morgan fingerprint density at radius 3 is 2.37 bits per heavy atom. The first kappa shape index (κ1) is 29.5. The number of benzene rings is 4. The number of rotatable bonds is 10. The van der Waals surface area contributed by atoms with E-state index in [0.29, 0.717) is 29.6 Å². The van der Waals surface area contributed by atoms with Crippen LogP contribution in [0.15, 0.2) is 112 Å². The molecule has 0 bridgehead atoms. The van der Waals surface area contributed by atoms with Crippen LogP contribution < -0.4 is 5.32 Å². The number of esters is 1. The molecule has 0 aliphatic heterocycles. The van der Waals surface area contributed by atoms with Crippen molar-refractivity contribution < 1.29 is 23.8 Å². The Morgan fingerprint density at radius 1 is 0.930 bits per heavy atom. The Morgan fingerprint density at radius 2 is 1.65 bits per heavy atom. The number of aromatic hydroxyl groups is 1. The number of nitrogens with one attached hydrogen (secondary N) is 1. The smallest absolute Gasteiger partial charge is 0.364 e. The van der Waals surface area contributed by atoms with Crippen molar-refractivity contribution in [2.24, 2.45) is 10.2 Å². The lowest BCUT2D eigenvalue weighted by Gasteiger charge is -2.08. The topological polar surface area (TPSA) is 105 Å². The molecular weight excluding hydrogens is 567 g/mol. The van der Waals surface area contributed by atoms with E-state index in [1.165, 1.54) is 31.4 Å². The van der Waals surface area contributed by atoms with Gasteiger partial charge in [0.2, 0.25) is 5.88 Å². The molecule has 10 heteroatoms. The van der Waals surface area contributed by atoms with E-state index in [1.54, 1.807) is 28.5 Å². The number of hydrogen-bond donors (Lipinski definition) is 2. The van der Waals surface area contributed by atoms with E-state index in [-0.39, 0.29) is 17.5 Å². The molecule has 0 saturated carbocycles. The number of azo groups is 1. The number of fused-ring (bicyclic) bond motifs is 1. The first-order valence-electron chi connectivity index (χ1n) is 13.6. The van der Waals surface area contributed by atoms with Gasteiger partial charge >= 0.3 is 12.0 Å². The molecule has 5 rings (SSSR count). The number of ether oxygens (including phenoxy) is 1. The molecule has 0 spiro atoms. The highest BCUT2D eigenvalue weighted by atomic mass is 32.2. The maximum Gasteiger partial charge on any atom is 0.364 e. The van der Waals surface area contributed by atoms with E-state index in [2.05, 4.69) is 15.5 Å². The molecule has 4 aromatic carbocycles. The molecule has 0 unspecified atom stereocenters. The van der Waals surface area contributed by atoms with Crippen LogP contribution in [0.3, 0.4) is 0 Å². The zero-order valence-electron chi connectivity index (χ0n) is 23.4. The van der Waals surface area contributed by atoms with Crippen molar-refractivity contribution in [3.05, 3.63) is 120 Å². The summed E-state index contributed by atoms with van der Waals surface area (Å²) in [7, 11) is 1.36. The molecule has 0 aliphatic rings. The molecule has 1 aromatic heterocycles. The Bertz CT molecular complexity index is 1750. The number of methoxy groups -OCH3 is 1. The van der Waals surface area contributed by atoms with E-state index in [4.69, 9.17) is 4.74 Å². The molecule has 0 fully saturated rings. The van der Waals surface area contributed by atoms with Crippen molar-refractivity contribution in [2.45, 2.75) is 24.3 Å². The maximum atomic E-state index is 13.2. The van der Waals surface area contributed by atoms with Gasteiger partial charge in [0.1, 0.15) is 5.82 Å². The van der Waals surface area contributed by atoms with Gasteiger partial charge in [-0.1, -0.05) is 47.6 Å². The minimum atomic E-state index is -0.750. The summed E-state index contributed by atoms with van der Waals surface area (Å²) in [5.74, 6) is -0.0926. The van der Waals surface area contributed by atoms with Crippen LogP contribution in [0.1, 0.15) is 21.5 Å². The van der Waals surface area contributed by atoms with Gasteiger partial charge in [0.05, 0.1) is 18.2 Å². The summed E-state index contributed by atoms with van der Waals surface area (Å²) in [6.07, 6.45) is 1.47. The van der Waals surface area contributed by atoms with Crippen LogP contribution in [0.25, 0.3) is 10.9 Å². The minimum Gasteiger partial charge on any atom is -0.493 e. The van der Waals surface area contributed by atoms with Gasteiger partial charge in [-0.2, -0.15) is 0 Å². The van der Waals surface area contributed by atoms with Crippen molar-refractivity contribution in [1.29, 1.82) is 0 Å². The fourth-order valence-corrected chi connectivity index (χ4v) is 5.53. The van der Waals surface area contributed by atoms with Crippen molar-refractivity contribution >= 4 is 46.0 Å². The second kappa shape index (κ2) is 13.8. The SMILES string of the molecule is COC(=O)c1ccc(CCSc2ccc3c(c2)c(N=NC(=O)Nc2ccc(F)cc2)c(O)n3CCc2ccccc2)cc1. The first-order valence-corrected chi connectivity index (χ1v) is 14.6. The molecule has 1 heterocycles. The third-order valence-electron chi connectivity index (χ3n) is 6.82. The van der Waals surface area contributed by atoms with Crippen molar-refractivity contribution in [1.82, 2.24) is 4.57 Å². The van der Waals surface area contributed by atoms with Gasteiger partial charge in [0.15, 0.2) is 5.69 Å². The number of aryl methyl sites for hydroxylation is 3. The monoisotopic (exact) mass is 596 g/mol. The number of thioether (sulfide) groups is 1. The normalized spacial score (nSPS) is 11.2. The van der Waals surface area contributed by atoms with E-state index >= 15 is 0 Å². The quantitative estimate of drug-likeness (QED) is 0.0961. The lowest BCUT2D eigenvalue weighted by atomic mass is 10.1. The highest BCUT2D eigenvalue weighted by Gasteiger charge is 2.18. The molecule has 8 nitrogen and oxygen atoms in total.